The highest BCUT2D eigenvalue weighted by molar-refractivity contribution is 6.02. The molecule has 1 saturated heterocycles. The number of esters is 2. The number of carbonyl (C=O) groups is 4. The molecule has 3 rings (SSSR count). The first kappa shape index (κ1) is 25.1. The number of aryl methyl sites for hydroxylation is 1. The van der Waals surface area contributed by atoms with E-state index in [1.165, 1.54) is 11.8 Å². The van der Waals surface area contributed by atoms with E-state index < -0.39 is 24.0 Å². The van der Waals surface area contributed by atoms with Gasteiger partial charge in [0.2, 0.25) is 11.7 Å². The van der Waals surface area contributed by atoms with Crippen molar-refractivity contribution in [2.24, 2.45) is 5.92 Å². The van der Waals surface area contributed by atoms with Gasteiger partial charge < -0.3 is 14.4 Å². The van der Waals surface area contributed by atoms with Crippen LogP contribution in [0.3, 0.4) is 0 Å². The molecule has 7 heteroatoms. The molecule has 2 aromatic carbocycles. The fourth-order valence-electron chi connectivity index (χ4n) is 3.77. The second kappa shape index (κ2) is 11.6. The highest BCUT2D eigenvalue weighted by Gasteiger charge is 2.37. The summed E-state index contributed by atoms with van der Waals surface area (Å²) in [6, 6.07) is 13.6. The first-order valence-corrected chi connectivity index (χ1v) is 11.7. The summed E-state index contributed by atoms with van der Waals surface area (Å²) in [5, 5.41) is 0. The molecule has 0 aromatic heterocycles. The monoisotopic (exact) mass is 465 g/mol. The molecule has 2 aromatic rings. The van der Waals surface area contributed by atoms with Crippen molar-refractivity contribution in [1.82, 2.24) is 0 Å². The van der Waals surface area contributed by atoms with Crippen molar-refractivity contribution in [1.29, 1.82) is 0 Å². The van der Waals surface area contributed by atoms with Gasteiger partial charge in [-0.05, 0) is 44.5 Å². The molecule has 0 unspecified atom stereocenters. The number of ketones is 1. The van der Waals surface area contributed by atoms with Gasteiger partial charge in [-0.2, -0.15) is 0 Å². The quantitative estimate of drug-likeness (QED) is 0.291. The highest BCUT2D eigenvalue weighted by atomic mass is 16.5. The van der Waals surface area contributed by atoms with Crippen LogP contribution < -0.4 is 4.90 Å². The summed E-state index contributed by atoms with van der Waals surface area (Å²) < 4.78 is 10.6. The average molecular weight is 466 g/mol. The lowest BCUT2D eigenvalue weighted by atomic mass is 10.1. The normalized spacial score (nSPS) is 16.3. The molecule has 0 spiro atoms. The third-order valence-corrected chi connectivity index (χ3v) is 5.85. The Hall–Kier alpha value is -3.48. The van der Waals surface area contributed by atoms with Crippen LogP contribution >= 0.6 is 0 Å². The molecule has 1 amide bonds. The number of carbonyl (C=O) groups excluding carboxylic acids is 4. The van der Waals surface area contributed by atoms with Gasteiger partial charge in [0.05, 0.1) is 18.1 Å². The summed E-state index contributed by atoms with van der Waals surface area (Å²) in [5.74, 6) is -2.13. The Kier molecular flexibility index (Phi) is 8.57. The van der Waals surface area contributed by atoms with Crippen LogP contribution in [0.4, 0.5) is 5.69 Å². The standard InChI is InChI=1S/C27H31NO6/c1-4-5-6-15-33-26(31)21-11-13-23(14-12-21)28-17-22(16-24(28)29)27(32)34-19(3)25(30)20-9-7-18(2)8-10-20/h7-14,19,22H,4-6,15-17H2,1-3H3/t19-,22+/m0/s1. The molecule has 7 nitrogen and oxygen atoms in total. The Morgan fingerprint density at radius 3 is 2.29 bits per heavy atom. The molecule has 1 aliphatic rings. The van der Waals surface area contributed by atoms with Crippen molar-refractivity contribution in [3.63, 3.8) is 0 Å². The maximum atomic E-state index is 12.6. The van der Waals surface area contributed by atoms with Crippen molar-refractivity contribution >= 4 is 29.3 Å². The fourth-order valence-corrected chi connectivity index (χ4v) is 3.77. The van der Waals surface area contributed by atoms with Crippen molar-refractivity contribution in [3.8, 4) is 0 Å². The van der Waals surface area contributed by atoms with Gasteiger partial charge in [-0.1, -0.05) is 49.6 Å². The molecule has 1 fully saturated rings. The second-order valence-corrected chi connectivity index (χ2v) is 8.60. The number of Topliss-reactive ketones (excluding diaryl/α,β-unsaturated/α-hetero) is 1. The van der Waals surface area contributed by atoms with Gasteiger partial charge in [0.25, 0.3) is 0 Å². The second-order valence-electron chi connectivity index (χ2n) is 8.60. The summed E-state index contributed by atoms with van der Waals surface area (Å²) in [6.45, 7) is 6.08. The van der Waals surface area contributed by atoms with Crippen LogP contribution in [0.5, 0.6) is 0 Å². The lowest BCUT2D eigenvalue weighted by Crippen LogP contribution is -2.30. The van der Waals surface area contributed by atoms with Crippen LogP contribution in [0.25, 0.3) is 0 Å². The smallest absolute Gasteiger partial charge is 0.338 e. The first-order valence-electron chi connectivity index (χ1n) is 11.7. The van der Waals surface area contributed by atoms with E-state index in [1.807, 2.05) is 19.1 Å². The fraction of sp³-hybridized carbons (Fsp3) is 0.407. The van der Waals surface area contributed by atoms with Crippen LogP contribution in [0, 0.1) is 12.8 Å². The number of benzene rings is 2. The van der Waals surface area contributed by atoms with Crippen molar-refractivity contribution < 1.29 is 28.7 Å². The molecule has 0 radical (unpaired) electrons. The molecule has 0 saturated carbocycles. The van der Waals surface area contributed by atoms with Crippen LogP contribution in [-0.2, 0) is 19.1 Å². The topological polar surface area (TPSA) is 90.0 Å². The predicted octanol–water partition coefficient (Wildman–Crippen LogP) is 4.51. The third-order valence-electron chi connectivity index (χ3n) is 5.85. The molecule has 2 atom stereocenters. The Balaban J connectivity index is 1.55. The minimum absolute atomic E-state index is 0.00545. The number of unbranched alkanes of at least 4 members (excludes halogenated alkanes) is 2. The van der Waals surface area contributed by atoms with Crippen molar-refractivity contribution in [3.05, 3.63) is 65.2 Å². The Morgan fingerprint density at radius 1 is 1.00 bits per heavy atom. The molecule has 180 valence electrons. The van der Waals surface area contributed by atoms with Gasteiger partial charge in [0, 0.05) is 24.2 Å². The maximum absolute atomic E-state index is 12.6. The van der Waals surface area contributed by atoms with Gasteiger partial charge in [-0.15, -0.1) is 0 Å². The summed E-state index contributed by atoms with van der Waals surface area (Å²) in [6.07, 6.45) is 1.95. The molecular formula is C27H31NO6. The summed E-state index contributed by atoms with van der Waals surface area (Å²) in [7, 11) is 0. The zero-order valence-electron chi connectivity index (χ0n) is 19.9. The zero-order chi connectivity index (χ0) is 24.7. The molecular weight excluding hydrogens is 434 g/mol. The lowest BCUT2D eigenvalue weighted by molar-refractivity contribution is -0.151. The van der Waals surface area contributed by atoms with E-state index in [0.717, 1.165) is 24.8 Å². The molecule has 0 N–H and O–H groups in total. The number of amides is 1. The van der Waals surface area contributed by atoms with E-state index in [-0.39, 0.29) is 24.7 Å². The Labute approximate surface area is 200 Å². The third kappa shape index (κ3) is 6.31. The zero-order valence-corrected chi connectivity index (χ0v) is 19.9. The molecule has 0 bridgehead atoms. The van der Waals surface area contributed by atoms with Crippen LogP contribution in [-0.4, -0.2) is 42.9 Å². The predicted molar refractivity (Wildman–Crippen MR) is 128 cm³/mol. The van der Waals surface area contributed by atoms with Crippen LogP contribution in [0.1, 0.15) is 65.8 Å². The number of hydrogen-bond acceptors (Lipinski definition) is 6. The lowest BCUT2D eigenvalue weighted by Gasteiger charge is -2.18. The summed E-state index contributed by atoms with van der Waals surface area (Å²) >= 11 is 0. The molecule has 0 aliphatic carbocycles. The first-order chi connectivity index (χ1) is 16.3. The van der Waals surface area contributed by atoms with E-state index in [4.69, 9.17) is 9.47 Å². The van der Waals surface area contributed by atoms with E-state index in [9.17, 15) is 19.2 Å². The molecule has 1 aliphatic heterocycles. The SMILES string of the molecule is CCCCCOC(=O)c1ccc(N2C[C@H](C(=O)O[C@@H](C)C(=O)c3ccc(C)cc3)CC2=O)cc1. The Bertz CT molecular complexity index is 1030. The van der Waals surface area contributed by atoms with E-state index in [1.54, 1.807) is 36.4 Å². The van der Waals surface area contributed by atoms with E-state index in [2.05, 4.69) is 6.92 Å². The summed E-state index contributed by atoms with van der Waals surface area (Å²) in [4.78, 5) is 51.4. The summed E-state index contributed by atoms with van der Waals surface area (Å²) in [5.41, 5.74) is 2.50. The van der Waals surface area contributed by atoms with E-state index in [0.29, 0.717) is 23.4 Å². The number of hydrogen-bond donors (Lipinski definition) is 0. The van der Waals surface area contributed by atoms with E-state index >= 15 is 0 Å². The molecule has 34 heavy (non-hydrogen) atoms. The largest absolute Gasteiger partial charge is 0.462 e. The number of anilines is 1. The Morgan fingerprint density at radius 2 is 1.65 bits per heavy atom. The van der Waals surface area contributed by atoms with Crippen molar-refractivity contribution in [2.45, 2.75) is 52.6 Å². The van der Waals surface area contributed by atoms with Gasteiger partial charge in [-0.3, -0.25) is 14.4 Å². The molecule has 1 heterocycles. The highest BCUT2D eigenvalue weighted by Crippen LogP contribution is 2.27. The number of ether oxygens (including phenoxy) is 2. The van der Waals surface area contributed by atoms with Gasteiger partial charge in [0.15, 0.2) is 6.10 Å². The van der Waals surface area contributed by atoms with Gasteiger partial charge >= 0.3 is 11.9 Å². The minimum Gasteiger partial charge on any atom is -0.462 e. The number of nitrogens with zero attached hydrogens (tertiary/aromatic N) is 1. The van der Waals surface area contributed by atoms with Gasteiger partial charge in [0.1, 0.15) is 0 Å². The average Bonchev–Trinajstić information content (AvgIpc) is 3.23. The minimum atomic E-state index is -0.943. The van der Waals surface area contributed by atoms with Gasteiger partial charge in [-0.25, -0.2) is 4.79 Å². The maximum Gasteiger partial charge on any atom is 0.338 e. The van der Waals surface area contributed by atoms with Crippen LogP contribution in [0.2, 0.25) is 0 Å². The number of rotatable bonds is 10. The van der Waals surface area contributed by atoms with Crippen LogP contribution in [0.15, 0.2) is 48.5 Å². The van der Waals surface area contributed by atoms with Crippen molar-refractivity contribution in [2.75, 3.05) is 18.1 Å².